The molecule has 2 fully saturated rings. The van der Waals surface area contributed by atoms with Crippen LogP contribution in [0.15, 0.2) is 0 Å². The highest BCUT2D eigenvalue weighted by Gasteiger charge is 2.44. The Morgan fingerprint density at radius 1 is 1.39 bits per heavy atom. The summed E-state index contributed by atoms with van der Waals surface area (Å²) in [5, 5.41) is 9.98. The Bertz CT molecular complexity index is 380. The van der Waals surface area contributed by atoms with Crippen molar-refractivity contribution in [2.75, 3.05) is 31.8 Å². The van der Waals surface area contributed by atoms with Crippen molar-refractivity contribution < 1.29 is 18.3 Å². The summed E-state index contributed by atoms with van der Waals surface area (Å²) in [5.41, 5.74) is 0. The summed E-state index contributed by atoms with van der Waals surface area (Å²) < 4.78 is 28.3. The Morgan fingerprint density at radius 3 is 2.50 bits per heavy atom. The molecule has 1 aliphatic carbocycles. The Kier molecular flexibility index (Phi) is 4.31. The molecule has 6 heteroatoms. The minimum Gasteiger partial charge on any atom is -0.390 e. The third kappa shape index (κ3) is 3.23. The molecule has 2 aliphatic rings. The van der Waals surface area contributed by atoms with Gasteiger partial charge < -0.3 is 9.84 Å². The fourth-order valence-electron chi connectivity index (χ4n) is 2.84. The number of aliphatic hydroxyl groups excluding tert-OH is 1. The molecule has 0 aromatic carbocycles. The molecule has 18 heavy (non-hydrogen) atoms. The molecule has 2 rings (SSSR count). The predicted molar refractivity (Wildman–Crippen MR) is 69.2 cm³/mol. The Balaban J connectivity index is 2.07. The second-order valence-electron chi connectivity index (χ2n) is 5.52. The third-order valence-electron chi connectivity index (χ3n) is 4.10. The van der Waals surface area contributed by atoms with Crippen LogP contribution in [-0.2, 0) is 14.6 Å². The summed E-state index contributed by atoms with van der Waals surface area (Å²) in [6.07, 6.45) is 1.66. The molecular weight excluding hydrogens is 254 g/mol. The van der Waals surface area contributed by atoms with Crippen molar-refractivity contribution in [1.29, 1.82) is 0 Å². The number of rotatable bonds is 6. The third-order valence-corrected chi connectivity index (χ3v) is 5.80. The van der Waals surface area contributed by atoms with E-state index < -0.39 is 15.9 Å². The van der Waals surface area contributed by atoms with Gasteiger partial charge in [-0.25, -0.2) is 8.42 Å². The zero-order valence-corrected chi connectivity index (χ0v) is 11.9. The van der Waals surface area contributed by atoms with E-state index in [2.05, 4.69) is 11.8 Å². The second kappa shape index (κ2) is 5.45. The molecule has 3 atom stereocenters. The van der Waals surface area contributed by atoms with Gasteiger partial charge in [0.2, 0.25) is 0 Å². The first-order valence-corrected chi connectivity index (χ1v) is 8.40. The van der Waals surface area contributed by atoms with Crippen molar-refractivity contribution in [3.8, 4) is 0 Å². The Labute approximate surface area is 109 Å². The molecule has 1 heterocycles. The van der Waals surface area contributed by atoms with Crippen LogP contribution in [-0.4, -0.2) is 68.4 Å². The van der Waals surface area contributed by atoms with Crippen molar-refractivity contribution in [3.05, 3.63) is 0 Å². The van der Waals surface area contributed by atoms with E-state index >= 15 is 0 Å². The van der Waals surface area contributed by atoms with Gasteiger partial charge in [0, 0.05) is 19.7 Å². The molecule has 106 valence electrons. The van der Waals surface area contributed by atoms with Gasteiger partial charge in [-0.05, 0) is 25.7 Å². The molecule has 5 nitrogen and oxygen atoms in total. The lowest BCUT2D eigenvalue weighted by atomic mass is 10.1. The molecule has 0 radical (unpaired) electrons. The average Bonchev–Trinajstić information content (AvgIpc) is 3.06. The highest BCUT2D eigenvalue weighted by Crippen LogP contribution is 2.37. The van der Waals surface area contributed by atoms with E-state index in [9.17, 15) is 13.5 Å². The van der Waals surface area contributed by atoms with Gasteiger partial charge in [0.05, 0.1) is 30.3 Å². The molecule has 1 saturated carbocycles. The average molecular weight is 277 g/mol. The second-order valence-corrected chi connectivity index (χ2v) is 7.67. The van der Waals surface area contributed by atoms with Gasteiger partial charge in [0.25, 0.3) is 0 Å². The van der Waals surface area contributed by atoms with Gasteiger partial charge in [-0.3, -0.25) is 4.90 Å². The monoisotopic (exact) mass is 277 g/mol. The molecule has 0 spiro atoms. The maximum absolute atomic E-state index is 11.6. The van der Waals surface area contributed by atoms with Gasteiger partial charge >= 0.3 is 0 Å². The first-order valence-electron chi connectivity index (χ1n) is 6.58. The lowest BCUT2D eigenvalue weighted by Gasteiger charge is -2.35. The fraction of sp³-hybridized carbons (Fsp3) is 1.00. The molecule has 0 amide bonds. The number of aliphatic hydroxyl groups is 1. The van der Waals surface area contributed by atoms with Crippen LogP contribution in [0.1, 0.15) is 19.8 Å². The maximum atomic E-state index is 11.6. The topological polar surface area (TPSA) is 66.8 Å². The largest absolute Gasteiger partial charge is 0.390 e. The molecule has 1 N–H and O–H groups in total. The standard InChI is InChI=1S/C12H23NO4S/c1-9(10-3-4-10)13(5-6-17-2)11-7-18(15,16)8-12(11)14/h9-12,14H,3-8H2,1-2H3. The molecule has 0 bridgehead atoms. The van der Waals surface area contributed by atoms with Gasteiger partial charge in [-0.2, -0.15) is 0 Å². The van der Waals surface area contributed by atoms with E-state index in [0.29, 0.717) is 25.1 Å². The van der Waals surface area contributed by atoms with Crippen LogP contribution in [0.4, 0.5) is 0 Å². The number of hydrogen-bond acceptors (Lipinski definition) is 5. The van der Waals surface area contributed by atoms with Crippen LogP contribution >= 0.6 is 0 Å². The number of hydrogen-bond donors (Lipinski definition) is 1. The van der Waals surface area contributed by atoms with Crippen LogP contribution in [0.3, 0.4) is 0 Å². The quantitative estimate of drug-likeness (QED) is 0.734. The van der Waals surface area contributed by atoms with Crippen molar-refractivity contribution >= 4 is 9.84 Å². The van der Waals surface area contributed by atoms with E-state index in [1.54, 1.807) is 7.11 Å². The van der Waals surface area contributed by atoms with Gasteiger partial charge in [-0.15, -0.1) is 0 Å². The number of sulfone groups is 1. The SMILES string of the molecule is COCCN(C(C)C1CC1)C1CS(=O)(=O)CC1O. The summed E-state index contributed by atoms with van der Waals surface area (Å²) in [7, 11) is -1.45. The lowest BCUT2D eigenvalue weighted by molar-refractivity contribution is 0.0329. The smallest absolute Gasteiger partial charge is 0.154 e. The number of nitrogens with zero attached hydrogens (tertiary/aromatic N) is 1. The highest BCUT2D eigenvalue weighted by molar-refractivity contribution is 7.91. The van der Waals surface area contributed by atoms with Crippen LogP contribution in [0, 0.1) is 5.92 Å². The van der Waals surface area contributed by atoms with E-state index in [1.165, 1.54) is 12.8 Å². The van der Waals surface area contributed by atoms with Gasteiger partial charge in [0.1, 0.15) is 0 Å². The van der Waals surface area contributed by atoms with Crippen molar-refractivity contribution in [1.82, 2.24) is 4.90 Å². The summed E-state index contributed by atoms with van der Waals surface area (Å²) in [6, 6.07) is 0.0637. The minimum atomic E-state index is -3.09. The fourth-order valence-corrected chi connectivity index (χ4v) is 4.66. The van der Waals surface area contributed by atoms with E-state index in [-0.39, 0.29) is 17.5 Å². The molecule has 1 aliphatic heterocycles. The van der Waals surface area contributed by atoms with Crippen molar-refractivity contribution in [3.63, 3.8) is 0 Å². The van der Waals surface area contributed by atoms with Crippen LogP contribution in [0.5, 0.6) is 0 Å². The van der Waals surface area contributed by atoms with Crippen molar-refractivity contribution in [2.45, 2.75) is 38.0 Å². The number of methoxy groups -OCH3 is 1. The van der Waals surface area contributed by atoms with Gasteiger partial charge in [-0.1, -0.05) is 0 Å². The zero-order valence-electron chi connectivity index (χ0n) is 11.1. The summed E-state index contributed by atoms with van der Waals surface area (Å²) >= 11 is 0. The van der Waals surface area contributed by atoms with Crippen molar-refractivity contribution in [2.24, 2.45) is 5.92 Å². The predicted octanol–water partition coefficient (Wildman–Crippen LogP) is -0.109. The van der Waals surface area contributed by atoms with E-state index in [0.717, 1.165) is 0 Å². The van der Waals surface area contributed by atoms with E-state index in [1.807, 2.05) is 0 Å². The minimum absolute atomic E-state index is 0.0783. The van der Waals surface area contributed by atoms with E-state index in [4.69, 9.17) is 4.74 Å². The molecule has 0 aromatic rings. The Hall–Kier alpha value is -0.170. The molecule has 0 aromatic heterocycles. The normalized spacial score (nSPS) is 32.9. The highest BCUT2D eigenvalue weighted by atomic mass is 32.2. The summed E-state index contributed by atoms with van der Waals surface area (Å²) in [6.45, 7) is 3.39. The first kappa shape index (κ1) is 14.2. The number of ether oxygens (including phenoxy) is 1. The first-order chi connectivity index (χ1) is 8.44. The van der Waals surface area contributed by atoms with Crippen LogP contribution < -0.4 is 0 Å². The zero-order chi connectivity index (χ0) is 13.3. The molecule has 1 saturated heterocycles. The maximum Gasteiger partial charge on any atom is 0.154 e. The molecular formula is C12H23NO4S. The lowest BCUT2D eigenvalue weighted by Crippen LogP contribution is -2.50. The van der Waals surface area contributed by atoms with Crippen LogP contribution in [0.25, 0.3) is 0 Å². The summed E-state index contributed by atoms with van der Waals surface area (Å²) in [5.74, 6) is 0.630. The van der Waals surface area contributed by atoms with Crippen LogP contribution in [0.2, 0.25) is 0 Å². The molecule has 3 unspecified atom stereocenters. The summed E-state index contributed by atoms with van der Waals surface area (Å²) in [4.78, 5) is 2.14. The van der Waals surface area contributed by atoms with Gasteiger partial charge in [0.15, 0.2) is 9.84 Å². The Morgan fingerprint density at radius 2 is 2.06 bits per heavy atom.